The number of hydrogen-bond donors (Lipinski definition) is 0. The van der Waals surface area contributed by atoms with Crippen LogP contribution in [0.2, 0.25) is 0 Å². The predicted molar refractivity (Wildman–Crippen MR) is 91.8 cm³/mol. The van der Waals surface area contributed by atoms with Crippen molar-refractivity contribution in [3.8, 4) is 0 Å². The zero-order valence-electron chi connectivity index (χ0n) is 14.0. The van der Waals surface area contributed by atoms with Crippen molar-refractivity contribution in [2.75, 3.05) is 0 Å². The monoisotopic (exact) mass is 351 g/mol. The van der Waals surface area contributed by atoms with Crippen LogP contribution in [-0.4, -0.2) is 22.6 Å². The number of fused-ring (bicyclic) bond motifs is 1. The minimum absolute atomic E-state index is 0.0493. The molecule has 1 heterocycles. The van der Waals surface area contributed by atoms with E-state index in [9.17, 15) is 14.9 Å². The third-order valence-corrected chi connectivity index (χ3v) is 6.03. The zero-order valence-corrected chi connectivity index (χ0v) is 14.0. The highest BCUT2D eigenvalue weighted by Gasteiger charge is 2.80. The predicted octanol–water partition coefficient (Wildman–Crippen LogP) is 3.52. The Bertz CT molecular complexity index is 924. The van der Waals surface area contributed by atoms with Crippen LogP contribution < -0.4 is 0 Å². The van der Waals surface area contributed by atoms with Crippen molar-refractivity contribution < 1.29 is 19.2 Å². The lowest BCUT2D eigenvalue weighted by atomic mass is 9.76. The molecule has 0 spiro atoms. The number of benzene rings is 2. The number of nitrogens with zero attached hydrogens (tertiary/aromatic N) is 1. The van der Waals surface area contributed by atoms with Crippen molar-refractivity contribution in [1.29, 1.82) is 0 Å². The number of ether oxygens (including phenoxy) is 2. The maximum absolute atomic E-state index is 12.6. The minimum Gasteiger partial charge on any atom is -0.455 e. The summed E-state index contributed by atoms with van der Waals surface area (Å²) in [7, 11) is 0. The molecule has 0 radical (unpaired) electrons. The molecule has 1 aliphatic heterocycles. The van der Waals surface area contributed by atoms with Crippen LogP contribution >= 0.6 is 0 Å². The average molecular weight is 351 g/mol. The van der Waals surface area contributed by atoms with E-state index in [1.807, 2.05) is 12.1 Å². The number of non-ortho nitro benzene ring substituents is 1. The molecule has 3 atom stereocenters. The Morgan fingerprint density at radius 3 is 2.69 bits per heavy atom. The van der Waals surface area contributed by atoms with Crippen molar-refractivity contribution in [3.05, 3.63) is 75.3 Å². The number of nitro groups is 1. The van der Waals surface area contributed by atoms with Gasteiger partial charge in [-0.2, -0.15) is 0 Å². The lowest BCUT2D eigenvalue weighted by Gasteiger charge is -2.27. The Morgan fingerprint density at radius 2 is 1.92 bits per heavy atom. The van der Waals surface area contributed by atoms with Crippen molar-refractivity contribution in [2.45, 2.75) is 43.0 Å². The first-order valence-electron chi connectivity index (χ1n) is 8.80. The molecule has 2 fully saturated rings. The molecular formula is C20H17NO5. The molecule has 3 aliphatic rings. The topological polar surface area (TPSA) is 82.0 Å². The van der Waals surface area contributed by atoms with Gasteiger partial charge in [0.15, 0.2) is 5.60 Å². The van der Waals surface area contributed by atoms with E-state index in [0.29, 0.717) is 5.56 Å². The molecule has 132 valence electrons. The van der Waals surface area contributed by atoms with Gasteiger partial charge in [0.2, 0.25) is 0 Å². The van der Waals surface area contributed by atoms with E-state index in [-0.39, 0.29) is 17.4 Å². The van der Waals surface area contributed by atoms with Gasteiger partial charge >= 0.3 is 5.97 Å². The Balaban J connectivity index is 1.42. The van der Waals surface area contributed by atoms with Gasteiger partial charge in [0.05, 0.1) is 10.5 Å². The summed E-state index contributed by atoms with van der Waals surface area (Å²) in [5, 5.41) is 10.8. The van der Waals surface area contributed by atoms with E-state index >= 15 is 0 Å². The molecule has 6 nitrogen and oxygen atoms in total. The van der Waals surface area contributed by atoms with Gasteiger partial charge in [-0.1, -0.05) is 24.3 Å². The molecule has 2 aliphatic carbocycles. The summed E-state index contributed by atoms with van der Waals surface area (Å²) in [4.78, 5) is 22.8. The number of rotatable bonds is 3. The van der Waals surface area contributed by atoms with Crippen LogP contribution in [0, 0.1) is 10.1 Å². The van der Waals surface area contributed by atoms with Gasteiger partial charge in [-0.3, -0.25) is 10.1 Å². The number of hydrogen-bond acceptors (Lipinski definition) is 5. The van der Waals surface area contributed by atoms with E-state index in [1.165, 1.54) is 29.8 Å². The van der Waals surface area contributed by atoms with Gasteiger partial charge in [-0.05, 0) is 48.9 Å². The highest BCUT2D eigenvalue weighted by atomic mass is 16.7. The molecule has 2 aromatic rings. The SMILES string of the molecule is O=C(O[C@H]1CC[C@@]23CCc4ccccc4[C@@]12O3)c1ccc([N+](=O)[O-])cc1. The summed E-state index contributed by atoms with van der Waals surface area (Å²) in [6.07, 6.45) is 3.27. The fourth-order valence-corrected chi connectivity index (χ4v) is 4.78. The fraction of sp³-hybridized carbons (Fsp3) is 0.350. The fourth-order valence-electron chi connectivity index (χ4n) is 4.78. The van der Waals surface area contributed by atoms with Gasteiger partial charge < -0.3 is 9.47 Å². The van der Waals surface area contributed by atoms with Crippen molar-refractivity contribution in [1.82, 2.24) is 0 Å². The maximum Gasteiger partial charge on any atom is 0.338 e. The Hall–Kier alpha value is -2.73. The van der Waals surface area contributed by atoms with Crippen LogP contribution in [-0.2, 0) is 21.5 Å². The second-order valence-corrected chi connectivity index (χ2v) is 7.23. The Kier molecular flexibility index (Phi) is 3.07. The lowest BCUT2D eigenvalue weighted by molar-refractivity contribution is -0.384. The van der Waals surface area contributed by atoms with E-state index in [2.05, 4.69) is 12.1 Å². The first kappa shape index (κ1) is 15.5. The Morgan fingerprint density at radius 1 is 1.15 bits per heavy atom. The summed E-state index contributed by atoms with van der Waals surface area (Å²) in [5.41, 5.74) is 1.96. The summed E-state index contributed by atoms with van der Waals surface area (Å²) in [6.45, 7) is 0. The molecule has 26 heavy (non-hydrogen) atoms. The summed E-state index contributed by atoms with van der Waals surface area (Å²) >= 11 is 0. The van der Waals surface area contributed by atoms with Crippen molar-refractivity contribution in [2.24, 2.45) is 0 Å². The molecule has 6 heteroatoms. The van der Waals surface area contributed by atoms with E-state index in [4.69, 9.17) is 9.47 Å². The van der Waals surface area contributed by atoms with Crippen LogP contribution in [0.3, 0.4) is 0 Å². The molecule has 5 rings (SSSR count). The summed E-state index contributed by atoms with van der Waals surface area (Å²) in [6, 6.07) is 13.7. The third-order valence-electron chi connectivity index (χ3n) is 6.03. The van der Waals surface area contributed by atoms with Crippen LogP contribution in [0.5, 0.6) is 0 Å². The minimum atomic E-state index is -0.516. The number of esters is 1. The molecule has 0 bridgehead atoms. The Labute approximate surface area is 149 Å². The van der Waals surface area contributed by atoms with E-state index in [1.54, 1.807) is 0 Å². The summed E-state index contributed by atoms with van der Waals surface area (Å²) in [5.74, 6) is -0.464. The molecule has 1 saturated heterocycles. The summed E-state index contributed by atoms with van der Waals surface area (Å²) < 4.78 is 12.1. The normalized spacial score (nSPS) is 30.7. The van der Waals surface area contributed by atoms with Gasteiger partial charge in [0, 0.05) is 12.1 Å². The van der Waals surface area contributed by atoms with Crippen LogP contribution in [0.15, 0.2) is 48.5 Å². The second kappa shape index (κ2) is 5.14. The largest absolute Gasteiger partial charge is 0.455 e. The number of epoxide rings is 1. The molecule has 1 saturated carbocycles. The first-order chi connectivity index (χ1) is 12.6. The number of aryl methyl sites for hydroxylation is 1. The van der Waals surface area contributed by atoms with E-state index < -0.39 is 16.5 Å². The van der Waals surface area contributed by atoms with Crippen LogP contribution in [0.1, 0.15) is 40.7 Å². The van der Waals surface area contributed by atoms with Crippen LogP contribution in [0.4, 0.5) is 5.69 Å². The molecule has 0 aromatic heterocycles. The third kappa shape index (κ3) is 1.93. The molecular weight excluding hydrogens is 334 g/mol. The van der Waals surface area contributed by atoms with Crippen molar-refractivity contribution in [3.63, 3.8) is 0 Å². The van der Waals surface area contributed by atoms with Gasteiger partial charge in [-0.25, -0.2) is 4.79 Å². The molecule has 0 amide bonds. The lowest BCUT2D eigenvalue weighted by Crippen LogP contribution is -2.35. The standard InChI is InChI=1S/C20H17NO5/c22-18(14-5-7-15(8-6-14)21(23)24)25-17-10-12-19-11-9-13-3-1-2-4-16(13)20(17,19)26-19/h1-8,17H,9-12H2/t17-,19-,20+/m0/s1. The van der Waals surface area contributed by atoms with Crippen LogP contribution in [0.25, 0.3) is 0 Å². The molecule has 2 aromatic carbocycles. The smallest absolute Gasteiger partial charge is 0.338 e. The van der Waals surface area contributed by atoms with Gasteiger partial charge in [0.1, 0.15) is 11.7 Å². The van der Waals surface area contributed by atoms with Gasteiger partial charge in [-0.15, -0.1) is 0 Å². The molecule has 0 N–H and O–H groups in total. The first-order valence-corrected chi connectivity index (χ1v) is 8.80. The van der Waals surface area contributed by atoms with E-state index in [0.717, 1.165) is 31.2 Å². The highest BCUT2D eigenvalue weighted by Crippen LogP contribution is 2.70. The quantitative estimate of drug-likeness (QED) is 0.366. The zero-order chi connectivity index (χ0) is 17.9. The number of carbonyl (C=O) groups excluding carboxylic acids is 1. The highest BCUT2D eigenvalue weighted by molar-refractivity contribution is 5.90. The number of nitro benzene ring substituents is 1. The van der Waals surface area contributed by atoms with Crippen molar-refractivity contribution >= 4 is 11.7 Å². The molecule has 0 unspecified atom stereocenters. The van der Waals surface area contributed by atoms with Gasteiger partial charge in [0.25, 0.3) is 5.69 Å². The maximum atomic E-state index is 12.6. The average Bonchev–Trinajstić information content (AvgIpc) is 3.27. The second-order valence-electron chi connectivity index (χ2n) is 7.23. The number of carbonyl (C=O) groups is 1.